The van der Waals surface area contributed by atoms with E-state index in [4.69, 9.17) is 14.1 Å². The van der Waals surface area contributed by atoms with Crippen molar-refractivity contribution in [3.63, 3.8) is 0 Å². The number of ether oxygens (including phenoxy) is 1. The largest absolute Gasteiger partial charge is 0.508 e. The van der Waals surface area contributed by atoms with Crippen LogP contribution in [0.2, 0.25) is 0 Å². The van der Waals surface area contributed by atoms with Crippen molar-refractivity contribution in [2.24, 2.45) is 0 Å². The van der Waals surface area contributed by atoms with Gasteiger partial charge in [-0.3, -0.25) is 42.7 Å². The second-order valence-corrected chi connectivity index (χ2v) is 20.4. The average molecular weight is 1040 g/mol. The van der Waals surface area contributed by atoms with Crippen molar-refractivity contribution in [1.82, 2.24) is 36.7 Å². The highest BCUT2D eigenvalue weighted by atomic mass is 32.2. The molecule has 3 unspecified atom stereocenters. The molecule has 31 heteroatoms. The Balaban J connectivity index is 1.11. The van der Waals surface area contributed by atoms with Gasteiger partial charge in [-0.25, -0.2) is 14.4 Å². The molecule has 4 aliphatic rings. The Morgan fingerprint density at radius 3 is 2.00 bits per heavy atom. The number of nitrogens with zero attached hydrogens (tertiary/aromatic N) is 2. The van der Waals surface area contributed by atoms with E-state index in [0.717, 1.165) is 18.2 Å². The minimum Gasteiger partial charge on any atom is -0.508 e. The fraction of sp³-hybridized carbons (Fsp3) is 0.436. The molecule has 2 aromatic carbocycles. The van der Waals surface area contributed by atoms with E-state index < -0.39 is 134 Å². The molecular weight excluding hydrogens is 999 g/mol. The van der Waals surface area contributed by atoms with Crippen molar-refractivity contribution in [2.75, 3.05) is 18.9 Å². The summed E-state index contributed by atoms with van der Waals surface area (Å²) in [5, 5.41) is 29.3. The number of fused-ring (bicyclic) bond motifs is 1. The second-order valence-electron chi connectivity index (χ2n) is 15.9. The molecule has 4 heterocycles. The number of phenolic OH excluding ortho intramolecular Hbond substituents is 2. The topological polar surface area (TPSA) is 414 Å². The lowest BCUT2D eigenvalue weighted by Crippen LogP contribution is -2.49. The number of carbonyl (C=O) groups is 10. The molecule has 0 spiro atoms. The molecule has 0 radical (unpaired) electrons. The Labute approximate surface area is 399 Å². The van der Waals surface area contributed by atoms with Gasteiger partial charge < -0.3 is 51.2 Å². The van der Waals surface area contributed by atoms with Crippen LogP contribution in [0.15, 0.2) is 42.5 Å². The maximum absolute atomic E-state index is 14.1. The smallest absolute Gasteiger partial charge is 0.352 e. The summed E-state index contributed by atoms with van der Waals surface area (Å²) < 4.78 is 69.8. The van der Waals surface area contributed by atoms with Gasteiger partial charge in [-0.15, -0.1) is 10.1 Å². The lowest BCUT2D eigenvalue weighted by Gasteiger charge is -2.25. The number of amides is 9. The standard InChI is InChI=1S/C39H43N7O21S3/c47-19-7-10-24(48)21(11-19)34(18-5-8-20(9-6-18)65-16-29(50)40-15-33(54)67-46-31(52)14-27(38(46)57)70(62,63)64)43-36(55)22(12-32(53)66-45-30(51)13-26(37(45)56)69(59,60)61)41-28(49)4-2-1-3-25-35-23(17-68-25)42-39(58)44-35/h5-11,22-23,25-27,34-35,47-48H,1-4,12-17H2,(H,40,50)(H,41,49)(H,43,55)(H2,42,44,58)(H,59,60,61)(H,62,63,64)/t22-,23+,25+,26?,27?,34?,35+/m1/s1. The molecule has 9 N–H and O–H groups in total. The van der Waals surface area contributed by atoms with Crippen molar-refractivity contribution in [3.05, 3.63) is 53.6 Å². The third-order valence-electron chi connectivity index (χ3n) is 11.0. The molecule has 0 aromatic heterocycles. The highest BCUT2D eigenvalue weighted by molar-refractivity contribution is 8.00. The predicted molar refractivity (Wildman–Crippen MR) is 231 cm³/mol. The second kappa shape index (κ2) is 21.7. The van der Waals surface area contributed by atoms with Crippen LogP contribution in [0.3, 0.4) is 0 Å². The number of aromatic hydroxyl groups is 2. The zero-order chi connectivity index (χ0) is 51.2. The van der Waals surface area contributed by atoms with Gasteiger partial charge in [0.25, 0.3) is 49.8 Å². The molecule has 70 heavy (non-hydrogen) atoms. The van der Waals surface area contributed by atoms with Gasteiger partial charge in [-0.05, 0) is 48.7 Å². The van der Waals surface area contributed by atoms with Gasteiger partial charge in [0.2, 0.25) is 11.8 Å². The van der Waals surface area contributed by atoms with Gasteiger partial charge in [-0.1, -0.05) is 18.6 Å². The Morgan fingerprint density at radius 1 is 0.786 bits per heavy atom. The van der Waals surface area contributed by atoms with Crippen molar-refractivity contribution >= 4 is 91.3 Å². The van der Waals surface area contributed by atoms with Crippen molar-refractivity contribution in [2.45, 2.75) is 84.9 Å². The van der Waals surface area contributed by atoms with Crippen molar-refractivity contribution in [3.8, 4) is 17.2 Å². The Kier molecular flexibility index (Phi) is 16.2. The molecule has 4 fully saturated rings. The lowest BCUT2D eigenvalue weighted by atomic mass is 9.96. The van der Waals surface area contributed by atoms with Gasteiger partial charge >= 0.3 is 18.0 Å². The number of nitrogens with one attached hydrogen (secondary N) is 5. The van der Waals surface area contributed by atoms with Gasteiger partial charge in [0, 0.05) is 23.0 Å². The molecule has 7 atom stereocenters. The van der Waals surface area contributed by atoms with Crippen LogP contribution >= 0.6 is 11.8 Å². The van der Waals surface area contributed by atoms with Crippen molar-refractivity contribution in [1.29, 1.82) is 0 Å². The molecule has 4 aliphatic heterocycles. The number of phenols is 2. The molecule has 378 valence electrons. The summed E-state index contributed by atoms with van der Waals surface area (Å²) in [4.78, 5) is 135. The van der Waals surface area contributed by atoms with Crippen molar-refractivity contribution < 1.29 is 98.5 Å². The van der Waals surface area contributed by atoms with E-state index in [1.165, 1.54) is 24.3 Å². The van der Waals surface area contributed by atoms with Crippen LogP contribution in [0.5, 0.6) is 17.2 Å². The third-order valence-corrected chi connectivity index (χ3v) is 14.6. The first-order valence-corrected chi connectivity index (χ1v) is 24.8. The molecule has 0 bridgehead atoms. The third kappa shape index (κ3) is 13.0. The summed E-state index contributed by atoms with van der Waals surface area (Å²) in [6.07, 6.45) is -1.85. The number of urea groups is 1. The summed E-state index contributed by atoms with van der Waals surface area (Å²) in [5.41, 5.74) is 0.0193. The molecule has 28 nitrogen and oxygen atoms in total. The first-order chi connectivity index (χ1) is 32.9. The van der Waals surface area contributed by atoms with Crippen LogP contribution < -0.4 is 31.3 Å². The molecule has 0 saturated carbocycles. The Hall–Kier alpha value is -7.09. The summed E-state index contributed by atoms with van der Waals surface area (Å²) >= 11 is 1.66. The fourth-order valence-electron chi connectivity index (χ4n) is 7.50. The van der Waals surface area contributed by atoms with Gasteiger partial charge in [-0.2, -0.15) is 28.6 Å². The number of imide groups is 2. The first-order valence-electron chi connectivity index (χ1n) is 20.8. The van der Waals surface area contributed by atoms with Gasteiger partial charge in [0.15, 0.2) is 17.1 Å². The van der Waals surface area contributed by atoms with Gasteiger partial charge in [0.1, 0.15) is 29.8 Å². The van der Waals surface area contributed by atoms with E-state index in [1.54, 1.807) is 11.8 Å². The van der Waals surface area contributed by atoms with E-state index in [1.807, 2.05) is 0 Å². The van der Waals surface area contributed by atoms with E-state index in [-0.39, 0.29) is 62.5 Å². The van der Waals surface area contributed by atoms with E-state index in [2.05, 4.69) is 31.4 Å². The summed E-state index contributed by atoms with van der Waals surface area (Å²) in [6.45, 7) is -1.67. The summed E-state index contributed by atoms with van der Waals surface area (Å²) in [5.74, 6) is -11.4. The molecule has 0 aliphatic carbocycles. The van der Waals surface area contributed by atoms with Crippen LogP contribution in [0.1, 0.15) is 62.1 Å². The first kappa shape index (κ1) is 52.3. The SMILES string of the molecule is O=C(COc1ccc(C(NC(=O)[C@@H](CC(=O)ON2C(=O)CC(S(=O)(=O)O)C2=O)NC(=O)CCCC[C@@H]2SC[C@@H]3NC(=O)N[C@@H]32)c2cc(O)ccc2O)cc1)NCC(=O)ON1C(=O)CC(S(=O)(=O)O)C1=O. The van der Waals surface area contributed by atoms with E-state index in [0.29, 0.717) is 25.0 Å². The molecule has 4 saturated heterocycles. The van der Waals surface area contributed by atoms with Crippen LogP contribution in [-0.2, 0) is 73.1 Å². The summed E-state index contributed by atoms with van der Waals surface area (Å²) in [7, 11) is -10.1. The number of hydroxylamine groups is 4. The van der Waals surface area contributed by atoms with E-state index in [9.17, 15) is 79.5 Å². The fourth-order valence-corrected chi connectivity index (χ4v) is 10.4. The Bertz CT molecular complexity index is 2700. The maximum atomic E-state index is 14.1. The maximum Gasteiger partial charge on any atom is 0.352 e. The summed E-state index contributed by atoms with van der Waals surface area (Å²) in [6, 6.07) is 4.90. The van der Waals surface area contributed by atoms with Crippen LogP contribution in [-0.4, -0.2) is 158 Å². The molecule has 6 rings (SSSR count). The molecular formula is C39H43N7O21S3. The number of hydrogen-bond acceptors (Lipinski definition) is 20. The highest BCUT2D eigenvalue weighted by Gasteiger charge is 2.50. The van der Waals surface area contributed by atoms with Gasteiger partial charge in [0.05, 0.1) is 37.4 Å². The average Bonchev–Trinajstić information content (AvgIpc) is 4.01. The minimum atomic E-state index is -5.09. The van der Waals surface area contributed by atoms with Crippen LogP contribution in [0.25, 0.3) is 0 Å². The number of thioether (sulfide) groups is 1. The molecule has 9 amide bonds. The van der Waals surface area contributed by atoms with E-state index >= 15 is 0 Å². The normalized spacial score (nSPS) is 21.9. The number of hydrogen-bond donors (Lipinski definition) is 9. The number of benzene rings is 2. The zero-order valence-electron chi connectivity index (χ0n) is 36.0. The monoisotopic (exact) mass is 1040 g/mol. The number of unbranched alkanes of at least 4 members (excludes halogenated alkanes) is 1. The Morgan fingerprint density at radius 2 is 1.40 bits per heavy atom. The van der Waals surface area contributed by atoms with Crippen LogP contribution in [0.4, 0.5) is 4.79 Å². The lowest BCUT2D eigenvalue weighted by molar-refractivity contribution is -0.197. The number of carbonyl (C=O) groups excluding carboxylic acids is 10. The zero-order valence-corrected chi connectivity index (χ0v) is 38.5. The quantitative estimate of drug-likeness (QED) is 0.0203. The number of rotatable bonds is 21. The highest BCUT2D eigenvalue weighted by Crippen LogP contribution is 2.35. The van der Waals surface area contributed by atoms with Crippen LogP contribution in [0, 0.1) is 0 Å². The minimum absolute atomic E-state index is 0.00216. The molecule has 2 aromatic rings. The predicted octanol–water partition coefficient (Wildman–Crippen LogP) is -2.65.